The van der Waals surface area contributed by atoms with Crippen molar-refractivity contribution in [2.24, 2.45) is 0 Å². The monoisotopic (exact) mass is 345 g/mol. The molecule has 6 nitrogen and oxygen atoms in total. The van der Waals surface area contributed by atoms with Crippen LogP contribution in [0.1, 0.15) is 27.6 Å². The molecule has 0 saturated heterocycles. The molecular formula is C18H16FNO5. The second-order valence-corrected chi connectivity index (χ2v) is 4.90. The molecule has 1 amide bonds. The number of rotatable bonds is 6. The first kappa shape index (κ1) is 18.1. The van der Waals surface area contributed by atoms with Gasteiger partial charge in [0, 0.05) is 0 Å². The van der Waals surface area contributed by atoms with Gasteiger partial charge in [-0.1, -0.05) is 18.2 Å². The fourth-order valence-electron chi connectivity index (χ4n) is 2.00. The first-order valence-corrected chi connectivity index (χ1v) is 7.50. The first-order chi connectivity index (χ1) is 12.0. The number of amides is 1. The van der Waals surface area contributed by atoms with Gasteiger partial charge in [0.15, 0.2) is 6.61 Å². The molecule has 0 fully saturated rings. The SMILES string of the molecule is CCOC(=O)c1ccccc1NC(=O)COC(=O)c1cccc(F)c1. The molecule has 2 aromatic rings. The molecular weight excluding hydrogens is 329 g/mol. The van der Waals surface area contributed by atoms with Gasteiger partial charge in [-0.05, 0) is 37.3 Å². The number of carbonyl (C=O) groups excluding carboxylic acids is 3. The van der Waals surface area contributed by atoms with Gasteiger partial charge in [0.25, 0.3) is 5.91 Å². The van der Waals surface area contributed by atoms with Gasteiger partial charge in [0.05, 0.1) is 23.4 Å². The molecule has 25 heavy (non-hydrogen) atoms. The summed E-state index contributed by atoms with van der Waals surface area (Å²) < 4.78 is 22.8. The molecule has 0 heterocycles. The van der Waals surface area contributed by atoms with Gasteiger partial charge >= 0.3 is 11.9 Å². The van der Waals surface area contributed by atoms with Crippen LogP contribution in [0.2, 0.25) is 0 Å². The van der Waals surface area contributed by atoms with Crippen molar-refractivity contribution >= 4 is 23.5 Å². The highest BCUT2D eigenvalue weighted by Crippen LogP contribution is 2.16. The van der Waals surface area contributed by atoms with Crippen LogP contribution in [0.4, 0.5) is 10.1 Å². The largest absolute Gasteiger partial charge is 0.462 e. The molecule has 0 aromatic heterocycles. The Morgan fingerprint density at radius 3 is 2.48 bits per heavy atom. The van der Waals surface area contributed by atoms with Gasteiger partial charge in [-0.2, -0.15) is 0 Å². The second-order valence-electron chi connectivity index (χ2n) is 4.90. The van der Waals surface area contributed by atoms with E-state index in [4.69, 9.17) is 9.47 Å². The molecule has 0 aliphatic carbocycles. The lowest BCUT2D eigenvalue weighted by Gasteiger charge is -2.10. The molecule has 0 atom stereocenters. The zero-order valence-corrected chi connectivity index (χ0v) is 13.5. The third-order valence-corrected chi connectivity index (χ3v) is 3.09. The van der Waals surface area contributed by atoms with E-state index in [0.717, 1.165) is 6.07 Å². The summed E-state index contributed by atoms with van der Waals surface area (Å²) in [5, 5.41) is 2.48. The smallest absolute Gasteiger partial charge is 0.340 e. The Labute approximate surface area is 143 Å². The minimum atomic E-state index is -0.826. The molecule has 0 unspecified atom stereocenters. The summed E-state index contributed by atoms with van der Waals surface area (Å²) in [5.41, 5.74) is 0.432. The third-order valence-electron chi connectivity index (χ3n) is 3.09. The number of halogens is 1. The number of ether oxygens (including phenoxy) is 2. The normalized spacial score (nSPS) is 10.0. The number of benzene rings is 2. The third kappa shape index (κ3) is 5.13. The Morgan fingerprint density at radius 1 is 1.00 bits per heavy atom. The Kier molecular flexibility index (Phi) is 6.22. The maximum atomic E-state index is 13.1. The number of hydrogen-bond donors (Lipinski definition) is 1. The summed E-state index contributed by atoms with van der Waals surface area (Å²) in [7, 11) is 0. The van der Waals surface area contributed by atoms with Crippen LogP contribution in [0.15, 0.2) is 48.5 Å². The van der Waals surface area contributed by atoms with Crippen molar-refractivity contribution in [1.82, 2.24) is 0 Å². The van der Waals surface area contributed by atoms with Crippen molar-refractivity contribution in [1.29, 1.82) is 0 Å². The molecule has 130 valence electrons. The van der Waals surface area contributed by atoms with Crippen LogP contribution in [-0.4, -0.2) is 31.1 Å². The van der Waals surface area contributed by atoms with E-state index in [1.807, 2.05) is 0 Å². The molecule has 0 spiro atoms. The highest BCUT2D eigenvalue weighted by Gasteiger charge is 2.15. The molecule has 0 aliphatic rings. The molecule has 2 aromatic carbocycles. The van der Waals surface area contributed by atoms with Crippen molar-refractivity contribution in [2.75, 3.05) is 18.5 Å². The fourth-order valence-corrected chi connectivity index (χ4v) is 2.00. The Hall–Kier alpha value is -3.22. The Bertz CT molecular complexity index is 791. The molecule has 1 N–H and O–H groups in total. The number of nitrogens with one attached hydrogen (secondary N) is 1. The van der Waals surface area contributed by atoms with Crippen molar-refractivity contribution in [2.45, 2.75) is 6.92 Å². The average molecular weight is 345 g/mol. The summed E-state index contributed by atoms with van der Waals surface area (Å²) in [4.78, 5) is 35.5. The zero-order valence-electron chi connectivity index (χ0n) is 13.5. The molecule has 0 aliphatic heterocycles. The predicted molar refractivity (Wildman–Crippen MR) is 87.7 cm³/mol. The van der Waals surface area contributed by atoms with Crippen LogP contribution in [0.5, 0.6) is 0 Å². The van der Waals surface area contributed by atoms with Crippen LogP contribution in [-0.2, 0) is 14.3 Å². The lowest BCUT2D eigenvalue weighted by atomic mass is 10.2. The van der Waals surface area contributed by atoms with Crippen LogP contribution in [0.25, 0.3) is 0 Å². The maximum Gasteiger partial charge on any atom is 0.340 e. The summed E-state index contributed by atoms with van der Waals surface area (Å²) in [6, 6.07) is 11.2. The predicted octanol–water partition coefficient (Wildman–Crippen LogP) is 2.80. The minimum Gasteiger partial charge on any atom is -0.462 e. The lowest BCUT2D eigenvalue weighted by molar-refractivity contribution is -0.119. The van der Waals surface area contributed by atoms with Gasteiger partial charge in [-0.25, -0.2) is 14.0 Å². The van der Waals surface area contributed by atoms with E-state index in [9.17, 15) is 18.8 Å². The Morgan fingerprint density at radius 2 is 1.76 bits per heavy atom. The van der Waals surface area contributed by atoms with E-state index >= 15 is 0 Å². The average Bonchev–Trinajstić information content (AvgIpc) is 2.60. The molecule has 2 rings (SSSR count). The lowest BCUT2D eigenvalue weighted by Crippen LogP contribution is -2.22. The molecule has 0 radical (unpaired) electrons. The van der Waals surface area contributed by atoms with E-state index in [1.165, 1.54) is 30.3 Å². The highest BCUT2D eigenvalue weighted by atomic mass is 19.1. The number of esters is 2. The van der Waals surface area contributed by atoms with Gasteiger partial charge in [-0.15, -0.1) is 0 Å². The second kappa shape index (κ2) is 8.58. The summed E-state index contributed by atoms with van der Waals surface area (Å²) >= 11 is 0. The summed E-state index contributed by atoms with van der Waals surface area (Å²) in [6.45, 7) is 1.30. The standard InChI is InChI=1S/C18H16FNO5/c1-2-24-18(23)14-8-3-4-9-15(14)20-16(21)11-25-17(22)12-6-5-7-13(19)10-12/h3-10H,2,11H2,1H3,(H,20,21). The van der Waals surface area contributed by atoms with Gasteiger partial charge < -0.3 is 14.8 Å². The first-order valence-electron chi connectivity index (χ1n) is 7.50. The zero-order chi connectivity index (χ0) is 18.2. The number of anilines is 1. The topological polar surface area (TPSA) is 81.7 Å². The van der Waals surface area contributed by atoms with E-state index in [0.29, 0.717) is 0 Å². The van der Waals surface area contributed by atoms with Gasteiger partial charge in [0.1, 0.15) is 5.82 Å². The van der Waals surface area contributed by atoms with E-state index in [1.54, 1.807) is 19.1 Å². The number of carbonyl (C=O) groups is 3. The highest BCUT2D eigenvalue weighted by molar-refractivity contribution is 6.02. The number of hydrogen-bond acceptors (Lipinski definition) is 5. The number of para-hydroxylation sites is 1. The quantitative estimate of drug-likeness (QED) is 0.814. The van der Waals surface area contributed by atoms with E-state index in [2.05, 4.69) is 5.32 Å². The van der Waals surface area contributed by atoms with Crippen LogP contribution in [0, 0.1) is 5.82 Å². The summed E-state index contributed by atoms with van der Waals surface area (Å²) in [6.07, 6.45) is 0. The summed E-state index contributed by atoms with van der Waals surface area (Å²) in [5.74, 6) is -2.62. The molecule has 0 saturated carbocycles. The van der Waals surface area contributed by atoms with Crippen molar-refractivity contribution in [3.63, 3.8) is 0 Å². The maximum absolute atomic E-state index is 13.1. The van der Waals surface area contributed by atoms with Crippen LogP contribution >= 0.6 is 0 Å². The molecule has 7 heteroatoms. The van der Waals surface area contributed by atoms with Gasteiger partial charge in [-0.3, -0.25) is 4.79 Å². The van der Waals surface area contributed by atoms with Crippen molar-refractivity contribution in [3.05, 3.63) is 65.5 Å². The van der Waals surface area contributed by atoms with Crippen molar-refractivity contribution in [3.8, 4) is 0 Å². The minimum absolute atomic E-state index is 0.000256. The Balaban J connectivity index is 1.97. The van der Waals surface area contributed by atoms with Crippen LogP contribution < -0.4 is 5.32 Å². The van der Waals surface area contributed by atoms with Gasteiger partial charge in [0.2, 0.25) is 0 Å². The van der Waals surface area contributed by atoms with E-state index in [-0.39, 0.29) is 23.4 Å². The van der Waals surface area contributed by atoms with Crippen LogP contribution in [0.3, 0.4) is 0 Å². The van der Waals surface area contributed by atoms with Crippen molar-refractivity contribution < 1.29 is 28.2 Å². The molecule has 0 bridgehead atoms. The fraction of sp³-hybridized carbons (Fsp3) is 0.167. The van der Waals surface area contributed by atoms with E-state index < -0.39 is 30.3 Å².